The second-order valence-electron chi connectivity index (χ2n) is 5.06. The first kappa shape index (κ1) is 16.3. The SMILES string of the molecule is CCNC(=O)CNC(=O)c1ccc2c(c1)CCN2S(C)(=O)=O. The van der Waals surface area contributed by atoms with Gasteiger partial charge in [0.2, 0.25) is 15.9 Å². The molecule has 8 heteroatoms. The van der Waals surface area contributed by atoms with E-state index in [0.29, 0.717) is 30.8 Å². The summed E-state index contributed by atoms with van der Waals surface area (Å²) in [4.78, 5) is 23.3. The Bertz CT molecular complexity index is 700. The fraction of sp³-hybridized carbons (Fsp3) is 0.429. The number of nitrogens with zero attached hydrogens (tertiary/aromatic N) is 1. The molecule has 2 rings (SSSR count). The van der Waals surface area contributed by atoms with Crippen LogP contribution in [-0.2, 0) is 21.2 Å². The minimum absolute atomic E-state index is 0.0841. The van der Waals surface area contributed by atoms with E-state index in [4.69, 9.17) is 0 Å². The molecule has 0 bridgehead atoms. The lowest BCUT2D eigenvalue weighted by atomic mass is 10.1. The summed E-state index contributed by atoms with van der Waals surface area (Å²) >= 11 is 0. The van der Waals surface area contributed by atoms with Crippen molar-refractivity contribution in [3.8, 4) is 0 Å². The highest BCUT2D eigenvalue weighted by molar-refractivity contribution is 7.92. The van der Waals surface area contributed by atoms with E-state index in [1.165, 1.54) is 4.31 Å². The normalized spacial score (nSPS) is 13.6. The maximum absolute atomic E-state index is 12.0. The summed E-state index contributed by atoms with van der Waals surface area (Å²) < 4.78 is 24.6. The quantitative estimate of drug-likeness (QED) is 0.788. The second kappa shape index (κ2) is 6.35. The van der Waals surface area contributed by atoms with Crippen molar-refractivity contribution in [2.45, 2.75) is 13.3 Å². The summed E-state index contributed by atoms with van der Waals surface area (Å²) in [7, 11) is -3.30. The Hall–Kier alpha value is -2.09. The minimum Gasteiger partial charge on any atom is -0.355 e. The largest absolute Gasteiger partial charge is 0.355 e. The molecule has 0 unspecified atom stereocenters. The smallest absolute Gasteiger partial charge is 0.251 e. The van der Waals surface area contributed by atoms with E-state index in [9.17, 15) is 18.0 Å². The molecular weight excluding hydrogens is 306 g/mol. The molecule has 1 heterocycles. The number of rotatable bonds is 5. The first-order chi connectivity index (χ1) is 10.3. The fourth-order valence-electron chi connectivity index (χ4n) is 2.38. The van der Waals surface area contributed by atoms with Gasteiger partial charge in [0, 0.05) is 18.7 Å². The summed E-state index contributed by atoms with van der Waals surface area (Å²) in [5.74, 6) is -0.605. The first-order valence-corrected chi connectivity index (χ1v) is 8.83. The van der Waals surface area contributed by atoms with Crippen LogP contribution in [-0.4, -0.2) is 46.1 Å². The van der Waals surface area contributed by atoms with E-state index in [0.717, 1.165) is 11.8 Å². The van der Waals surface area contributed by atoms with E-state index >= 15 is 0 Å². The molecule has 0 saturated heterocycles. The van der Waals surface area contributed by atoms with Gasteiger partial charge in [0.25, 0.3) is 5.91 Å². The number of carbonyl (C=O) groups excluding carboxylic acids is 2. The highest BCUT2D eigenvalue weighted by Crippen LogP contribution is 2.30. The number of fused-ring (bicyclic) bond motifs is 1. The van der Waals surface area contributed by atoms with E-state index in [-0.39, 0.29) is 18.4 Å². The monoisotopic (exact) mass is 325 g/mol. The molecule has 7 nitrogen and oxygen atoms in total. The number of benzene rings is 1. The van der Waals surface area contributed by atoms with Gasteiger partial charge in [-0.05, 0) is 37.1 Å². The van der Waals surface area contributed by atoms with Crippen molar-refractivity contribution in [2.24, 2.45) is 0 Å². The van der Waals surface area contributed by atoms with Crippen LogP contribution < -0.4 is 14.9 Å². The van der Waals surface area contributed by atoms with Crippen molar-refractivity contribution >= 4 is 27.5 Å². The molecule has 0 aliphatic carbocycles. The predicted octanol–water partition coefficient (Wildman–Crippen LogP) is -0.125. The molecule has 2 amide bonds. The van der Waals surface area contributed by atoms with Crippen molar-refractivity contribution in [1.82, 2.24) is 10.6 Å². The summed E-state index contributed by atoms with van der Waals surface area (Å²) in [6.45, 7) is 2.61. The molecule has 1 aliphatic rings. The van der Waals surface area contributed by atoms with Crippen LogP contribution in [0.4, 0.5) is 5.69 Å². The third-order valence-electron chi connectivity index (χ3n) is 3.38. The van der Waals surface area contributed by atoms with E-state index in [2.05, 4.69) is 10.6 Å². The summed E-state index contributed by atoms with van der Waals surface area (Å²) in [6, 6.07) is 4.87. The van der Waals surface area contributed by atoms with Gasteiger partial charge >= 0.3 is 0 Å². The Morgan fingerprint density at radius 1 is 1.27 bits per heavy atom. The molecule has 1 aromatic carbocycles. The van der Waals surface area contributed by atoms with Crippen LogP contribution in [0.25, 0.3) is 0 Å². The summed E-state index contributed by atoms with van der Waals surface area (Å²) in [5, 5.41) is 5.12. The highest BCUT2D eigenvalue weighted by atomic mass is 32.2. The van der Waals surface area contributed by atoms with Crippen LogP contribution in [0.2, 0.25) is 0 Å². The number of hydrogen-bond donors (Lipinski definition) is 2. The van der Waals surface area contributed by atoms with Gasteiger partial charge in [0.1, 0.15) is 0 Å². The number of amides is 2. The maximum atomic E-state index is 12.0. The Labute approximate surface area is 129 Å². The number of carbonyl (C=O) groups is 2. The fourth-order valence-corrected chi connectivity index (χ4v) is 3.34. The average Bonchev–Trinajstić information content (AvgIpc) is 2.88. The van der Waals surface area contributed by atoms with Gasteiger partial charge in [-0.1, -0.05) is 0 Å². The van der Waals surface area contributed by atoms with Gasteiger partial charge in [-0.15, -0.1) is 0 Å². The van der Waals surface area contributed by atoms with Crippen LogP contribution in [0.1, 0.15) is 22.8 Å². The van der Waals surface area contributed by atoms with Crippen molar-refractivity contribution in [1.29, 1.82) is 0 Å². The number of nitrogens with one attached hydrogen (secondary N) is 2. The molecule has 0 fully saturated rings. The van der Waals surface area contributed by atoms with Gasteiger partial charge in [0.05, 0.1) is 18.5 Å². The zero-order valence-electron chi connectivity index (χ0n) is 12.5. The molecule has 0 radical (unpaired) electrons. The molecule has 0 aromatic heterocycles. The molecule has 0 spiro atoms. The summed E-state index contributed by atoms with van der Waals surface area (Å²) in [5.41, 5.74) is 1.84. The number of likely N-dealkylation sites (N-methyl/N-ethyl adjacent to an activating group) is 1. The molecule has 0 saturated carbocycles. The standard InChI is InChI=1S/C14H19N3O4S/c1-3-15-13(18)9-16-14(19)11-4-5-12-10(8-11)6-7-17(12)22(2,20)21/h4-5,8H,3,6-7,9H2,1-2H3,(H,15,18)(H,16,19). The van der Waals surface area contributed by atoms with Crippen molar-refractivity contribution in [3.05, 3.63) is 29.3 Å². The van der Waals surface area contributed by atoms with Crippen LogP contribution in [0.15, 0.2) is 18.2 Å². The Kier molecular flexibility index (Phi) is 4.70. The zero-order valence-corrected chi connectivity index (χ0v) is 13.4. The molecule has 2 N–H and O–H groups in total. The number of hydrogen-bond acceptors (Lipinski definition) is 4. The Morgan fingerprint density at radius 3 is 2.64 bits per heavy atom. The van der Waals surface area contributed by atoms with Crippen LogP contribution >= 0.6 is 0 Å². The summed E-state index contributed by atoms with van der Waals surface area (Å²) in [6.07, 6.45) is 1.73. The van der Waals surface area contributed by atoms with Gasteiger partial charge in [-0.3, -0.25) is 13.9 Å². The third-order valence-corrected chi connectivity index (χ3v) is 4.56. The van der Waals surface area contributed by atoms with Gasteiger partial charge in [-0.25, -0.2) is 8.42 Å². The number of sulfonamides is 1. The van der Waals surface area contributed by atoms with Gasteiger partial charge < -0.3 is 10.6 Å². The van der Waals surface area contributed by atoms with Crippen molar-refractivity contribution < 1.29 is 18.0 Å². The van der Waals surface area contributed by atoms with Crippen LogP contribution in [0.3, 0.4) is 0 Å². The molecule has 22 heavy (non-hydrogen) atoms. The Balaban J connectivity index is 2.09. The first-order valence-electron chi connectivity index (χ1n) is 6.98. The van der Waals surface area contributed by atoms with Gasteiger partial charge in [-0.2, -0.15) is 0 Å². The molecule has 120 valence electrons. The van der Waals surface area contributed by atoms with Gasteiger partial charge in [0.15, 0.2) is 0 Å². The lowest BCUT2D eigenvalue weighted by molar-refractivity contribution is -0.120. The van der Waals surface area contributed by atoms with E-state index in [1.807, 2.05) is 0 Å². The van der Waals surface area contributed by atoms with Crippen LogP contribution in [0, 0.1) is 0 Å². The van der Waals surface area contributed by atoms with Crippen molar-refractivity contribution in [2.75, 3.05) is 30.2 Å². The zero-order chi connectivity index (χ0) is 16.3. The molecule has 0 atom stereocenters. The predicted molar refractivity (Wildman–Crippen MR) is 83.4 cm³/mol. The molecule has 1 aromatic rings. The van der Waals surface area contributed by atoms with Crippen LogP contribution in [0.5, 0.6) is 0 Å². The highest BCUT2D eigenvalue weighted by Gasteiger charge is 2.26. The van der Waals surface area contributed by atoms with E-state index < -0.39 is 10.0 Å². The second-order valence-corrected chi connectivity index (χ2v) is 6.97. The topological polar surface area (TPSA) is 95.6 Å². The van der Waals surface area contributed by atoms with E-state index in [1.54, 1.807) is 25.1 Å². The lowest BCUT2D eigenvalue weighted by Gasteiger charge is -2.16. The molecule has 1 aliphatic heterocycles. The maximum Gasteiger partial charge on any atom is 0.251 e. The Morgan fingerprint density at radius 2 is 2.00 bits per heavy atom. The van der Waals surface area contributed by atoms with Crippen molar-refractivity contribution in [3.63, 3.8) is 0 Å². The lowest BCUT2D eigenvalue weighted by Crippen LogP contribution is -2.36. The molecular formula is C14H19N3O4S. The number of anilines is 1. The third kappa shape index (κ3) is 3.56. The average molecular weight is 325 g/mol. The minimum atomic E-state index is -3.30.